The number of nitrogens with one attached hydrogen (secondary N) is 1. The molecule has 0 aromatic heterocycles. The van der Waals surface area contributed by atoms with Crippen molar-refractivity contribution in [3.63, 3.8) is 0 Å². The fourth-order valence-electron chi connectivity index (χ4n) is 1.46. The number of ether oxygens (including phenoxy) is 2. The molecule has 0 aliphatic carbocycles. The third kappa shape index (κ3) is 7.76. The molecule has 5 nitrogen and oxygen atoms in total. The predicted molar refractivity (Wildman–Crippen MR) is 76.3 cm³/mol. The molecule has 1 atom stereocenters. The lowest BCUT2D eigenvalue weighted by molar-refractivity contribution is 0.0219. The quantitative estimate of drug-likeness (QED) is 0.838. The van der Waals surface area contributed by atoms with Crippen LogP contribution in [0.4, 0.5) is 4.79 Å². The summed E-state index contributed by atoms with van der Waals surface area (Å²) in [5, 5.41) is 12.2. The van der Waals surface area contributed by atoms with Gasteiger partial charge in [-0.2, -0.15) is 0 Å². The van der Waals surface area contributed by atoms with Crippen LogP contribution >= 0.6 is 0 Å². The summed E-state index contributed by atoms with van der Waals surface area (Å²) < 4.78 is 10.4. The van der Waals surface area contributed by atoms with Gasteiger partial charge in [-0.05, 0) is 26.3 Å². The first-order valence-corrected chi connectivity index (χ1v) is 6.63. The summed E-state index contributed by atoms with van der Waals surface area (Å²) in [6.45, 7) is 6.04. The van der Waals surface area contributed by atoms with E-state index in [2.05, 4.69) is 5.32 Å². The third-order valence-electron chi connectivity index (χ3n) is 2.30. The fourth-order valence-corrected chi connectivity index (χ4v) is 1.46. The number of hydrogen-bond acceptors (Lipinski definition) is 4. The number of hydrogen-bond donors (Lipinski definition) is 2. The lowest BCUT2D eigenvalue weighted by Crippen LogP contribution is -2.38. The van der Waals surface area contributed by atoms with E-state index >= 15 is 0 Å². The van der Waals surface area contributed by atoms with E-state index in [1.54, 1.807) is 20.8 Å². The number of aliphatic hydroxyl groups excluding tert-OH is 1. The number of aliphatic hydroxyl groups is 1. The highest BCUT2D eigenvalue weighted by Gasteiger charge is 2.16. The van der Waals surface area contributed by atoms with Crippen molar-refractivity contribution in [2.24, 2.45) is 0 Å². The molecule has 20 heavy (non-hydrogen) atoms. The predicted octanol–water partition coefficient (Wildman–Crippen LogP) is 2.09. The maximum Gasteiger partial charge on any atom is 0.407 e. The molecule has 1 amide bonds. The second-order valence-electron chi connectivity index (χ2n) is 5.54. The molecule has 0 heterocycles. The van der Waals surface area contributed by atoms with E-state index in [-0.39, 0.29) is 13.2 Å². The van der Waals surface area contributed by atoms with Crippen molar-refractivity contribution < 1.29 is 19.4 Å². The number of alkyl carbamates (subject to hydrolysis) is 1. The Morgan fingerprint density at radius 2 is 1.95 bits per heavy atom. The van der Waals surface area contributed by atoms with Gasteiger partial charge in [-0.1, -0.05) is 30.3 Å². The van der Waals surface area contributed by atoms with E-state index in [1.165, 1.54) is 0 Å². The second-order valence-corrected chi connectivity index (χ2v) is 5.54. The highest BCUT2D eigenvalue weighted by atomic mass is 16.6. The maximum absolute atomic E-state index is 11.4. The molecule has 0 radical (unpaired) electrons. The van der Waals surface area contributed by atoms with Gasteiger partial charge in [0.1, 0.15) is 5.60 Å². The van der Waals surface area contributed by atoms with Crippen LogP contribution in [0, 0.1) is 0 Å². The normalized spacial score (nSPS) is 12.8. The van der Waals surface area contributed by atoms with Gasteiger partial charge in [-0.3, -0.25) is 0 Å². The molecule has 0 unspecified atom stereocenters. The summed E-state index contributed by atoms with van der Waals surface area (Å²) in [5.74, 6) is 0. The lowest BCUT2D eigenvalue weighted by atomic mass is 10.2. The fraction of sp³-hybridized carbons (Fsp3) is 0.533. The molecule has 1 aromatic rings. The summed E-state index contributed by atoms with van der Waals surface area (Å²) in [6, 6.07) is 9.69. The van der Waals surface area contributed by atoms with Gasteiger partial charge < -0.3 is 19.9 Å². The van der Waals surface area contributed by atoms with Gasteiger partial charge in [0.2, 0.25) is 0 Å². The van der Waals surface area contributed by atoms with Crippen LogP contribution in [0.2, 0.25) is 0 Å². The van der Waals surface area contributed by atoms with Crippen LogP contribution < -0.4 is 5.32 Å². The molecule has 1 rings (SSSR count). The number of benzene rings is 1. The van der Waals surface area contributed by atoms with Crippen molar-refractivity contribution >= 4 is 6.09 Å². The molecule has 0 aliphatic heterocycles. The average molecular weight is 281 g/mol. The maximum atomic E-state index is 11.4. The Morgan fingerprint density at radius 1 is 1.30 bits per heavy atom. The van der Waals surface area contributed by atoms with E-state index in [9.17, 15) is 9.90 Å². The second kappa shape index (κ2) is 7.87. The first-order valence-electron chi connectivity index (χ1n) is 6.63. The minimum Gasteiger partial charge on any atom is -0.444 e. The lowest BCUT2D eigenvalue weighted by Gasteiger charge is -2.20. The van der Waals surface area contributed by atoms with Crippen LogP contribution in [0.3, 0.4) is 0 Å². The molecular formula is C15H23NO4. The minimum absolute atomic E-state index is 0.101. The van der Waals surface area contributed by atoms with E-state index in [1.807, 2.05) is 30.3 Å². The van der Waals surface area contributed by atoms with Gasteiger partial charge in [-0.15, -0.1) is 0 Å². The third-order valence-corrected chi connectivity index (χ3v) is 2.30. The number of amides is 1. The minimum atomic E-state index is -0.758. The van der Waals surface area contributed by atoms with Gasteiger partial charge >= 0.3 is 6.09 Å². The molecule has 5 heteroatoms. The summed E-state index contributed by atoms with van der Waals surface area (Å²) in [5.41, 5.74) is 0.499. The van der Waals surface area contributed by atoms with E-state index in [0.29, 0.717) is 6.61 Å². The smallest absolute Gasteiger partial charge is 0.407 e. The molecule has 0 spiro atoms. The number of carbonyl (C=O) groups is 1. The van der Waals surface area contributed by atoms with Crippen LogP contribution in [0.1, 0.15) is 26.3 Å². The molecule has 0 saturated carbocycles. The summed E-state index contributed by atoms with van der Waals surface area (Å²) in [4.78, 5) is 11.4. The van der Waals surface area contributed by atoms with E-state index in [4.69, 9.17) is 9.47 Å². The Bertz CT molecular complexity index is 400. The van der Waals surface area contributed by atoms with Crippen molar-refractivity contribution in [1.82, 2.24) is 5.32 Å². The zero-order valence-corrected chi connectivity index (χ0v) is 12.3. The average Bonchev–Trinajstić information content (AvgIpc) is 2.36. The summed E-state index contributed by atoms with van der Waals surface area (Å²) >= 11 is 0. The highest BCUT2D eigenvalue weighted by Crippen LogP contribution is 2.06. The van der Waals surface area contributed by atoms with Gasteiger partial charge in [0.15, 0.2) is 0 Å². The van der Waals surface area contributed by atoms with E-state index in [0.717, 1.165) is 5.56 Å². The van der Waals surface area contributed by atoms with E-state index < -0.39 is 17.8 Å². The Hall–Kier alpha value is -1.59. The Labute approximate surface area is 119 Å². The van der Waals surface area contributed by atoms with Crippen LogP contribution in [0.15, 0.2) is 30.3 Å². The van der Waals surface area contributed by atoms with Crippen molar-refractivity contribution in [1.29, 1.82) is 0 Å². The molecule has 112 valence electrons. The molecular weight excluding hydrogens is 258 g/mol. The zero-order chi connectivity index (χ0) is 15.0. The van der Waals surface area contributed by atoms with Crippen LogP contribution in [-0.2, 0) is 16.1 Å². The largest absolute Gasteiger partial charge is 0.444 e. The Kier molecular flexibility index (Phi) is 6.48. The first-order chi connectivity index (χ1) is 9.37. The zero-order valence-electron chi connectivity index (χ0n) is 12.3. The van der Waals surface area contributed by atoms with Crippen LogP contribution in [-0.4, -0.2) is 36.1 Å². The highest BCUT2D eigenvalue weighted by molar-refractivity contribution is 5.67. The van der Waals surface area contributed by atoms with Crippen molar-refractivity contribution in [3.05, 3.63) is 35.9 Å². The molecule has 0 fully saturated rings. The topological polar surface area (TPSA) is 67.8 Å². The Morgan fingerprint density at radius 3 is 2.55 bits per heavy atom. The molecule has 0 bridgehead atoms. The first kappa shape index (κ1) is 16.5. The van der Waals surface area contributed by atoms with Crippen molar-refractivity contribution in [2.75, 3.05) is 13.2 Å². The standard InChI is InChI=1S/C15H23NO4/c1-15(2,3)20-14(18)16-9-13(17)11-19-10-12-7-5-4-6-8-12/h4-8,13,17H,9-11H2,1-3H3,(H,16,18)/t13-/m0/s1. The Balaban J connectivity index is 2.14. The molecule has 2 N–H and O–H groups in total. The van der Waals surface area contributed by atoms with Gasteiger partial charge in [0, 0.05) is 6.54 Å². The van der Waals surface area contributed by atoms with Crippen LogP contribution in [0.25, 0.3) is 0 Å². The van der Waals surface area contributed by atoms with Gasteiger partial charge in [0.05, 0.1) is 19.3 Å². The number of rotatable bonds is 6. The number of carbonyl (C=O) groups excluding carboxylic acids is 1. The van der Waals surface area contributed by atoms with Crippen molar-refractivity contribution in [2.45, 2.75) is 39.1 Å². The summed E-state index contributed by atoms with van der Waals surface area (Å²) in [7, 11) is 0. The summed E-state index contributed by atoms with van der Waals surface area (Å²) in [6.07, 6.45) is -1.30. The van der Waals surface area contributed by atoms with Gasteiger partial charge in [0.25, 0.3) is 0 Å². The molecule has 1 aromatic carbocycles. The van der Waals surface area contributed by atoms with Gasteiger partial charge in [-0.25, -0.2) is 4.79 Å². The molecule has 0 aliphatic rings. The SMILES string of the molecule is CC(C)(C)OC(=O)NC[C@H](O)COCc1ccccc1. The monoisotopic (exact) mass is 281 g/mol. The molecule has 0 saturated heterocycles. The van der Waals surface area contributed by atoms with Crippen molar-refractivity contribution in [3.8, 4) is 0 Å². The van der Waals surface area contributed by atoms with Crippen LogP contribution in [0.5, 0.6) is 0 Å².